The monoisotopic (exact) mass is 651 g/mol. The van der Waals surface area contributed by atoms with E-state index in [0.717, 1.165) is 6.61 Å². The van der Waals surface area contributed by atoms with Gasteiger partial charge in [-0.2, -0.15) is 0 Å². The Balaban J connectivity index is 3.60. The van der Waals surface area contributed by atoms with E-state index < -0.39 is 12.1 Å². The number of quaternary nitrogens is 1. The number of ether oxygens (including phenoxy) is 6. The molecule has 270 valence electrons. The summed E-state index contributed by atoms with van der Waals surface area (Å²) in [7, 11) is 3.53. The van der Waals surface area contributed by atoms with Gasteiger partial charge in [-0.3, -0.25) is 0 Å². The molecule has 0 fully saturated rings. The van der Waals surface area contributed by atoms with Crippen LogP contribution in [-0.2, 0) is 33.2 Å². The van der Waals surface area contributed by atoms with E-state index in [1.165, 1.54) is 89.9 Å². The fraction of sp³-hybridized carbons (Fsp3) is 0.971. The lowest BCUT2D eigenvalue weighted by Crippen LogP contribution is -2.49. The fourth-order valence-electron chi connectivity index (χ4n) is 5.26. The van der Waals surface area contributed by atoms with Crippen molar-refractivity contribution in [2.75, 3.05) is 106 Å². The highest BCUT2D eigenvalue weighted by Gasteiger charge is 2.23. The summed E-state index contributed by atoms with van der Waals surface area (Å²) in [6.07, 6.45) is 18.1. The fourth-order valence-corrected chi connectivity index (χ4v) is 5.26. The first-order valence-corrected chi connectivity index (χ1v) is 18.0. The van der Waals surface area contributed by atoms with E-state index in [1.807, 2.05) is 0 Å². The van der Waals surface area contributed by atoms with Gasteiger partial charge in [0.15, 0.2) is 6.54 Å². The predicted molar refractivity (Wildman–Crippen MR) is 180 cm³/mol. The van der Waals surface area contributed by atoms with Gasteiger partial charge in [-0.15, -0.1) is 0 Å². The highest BCUT2D eigenvalue weighted by molar-refractivity contribution is 5.67. The molecule has 0 radical (unpaired) electrons. The molecule has 0 aromatic carbocycles. The van der Waals surface area contributed by atoms with Crippen LogP contribution >= 0.6 is 0 Å². The van der Waals surface area contributed by atoms with Crippen LogP contribution in [0.1, 0.15) is 104 Å². The van der Waals surface area contributed by atoms with Crippen molar-refractivity contribution in [1.82, 2.24) is 0 Å². The Hall–Kier alpha value is -0.850. The zero-order valence-electron chi connectivity index (χ0n) is 29.7. The minimum Gasteiger partial charge on any atom is -0.477 e. The lowest BCUT2D eigenvalue weighted by atomic mass is 9.95. The molecule has 10 heteroatoms. The van der Waals surface area contributed by atoms with Gasteiger partial charge < -0.3 is 43.1 Å². The van der Waals surface area contributed by atoms with E-state index in [4.69, 9.17) is 33.5 Å². The van der Waals surface area contributed by atoms with E-state index in [2.05, 4.69) is 13.8 Å². The minimum absolute atomic E-state index is 0.0479. The zero-order chi connectivity index (χ0) is 33.3. The summed E-state index contributed by atoms with van der Waals surface area (Å²) in [5.74, 6) is -0.213. The van der Waals surface area contributed by atoms with Crippen molar-refractivity contribution in [3.63, 3.8) is 0 Å². The average Bonchev–Trinajstić information content (AvgIpc) is 2.98. The second-order valence-corrected chi connectivity index (χ2v) is 12.9. The van der Waals surface area contributed by atoms with Gasteiger partial charge in [0.1, 0.15) is 12.6 Å². The zero-order valence-corrected chi connectivity index (χ0v) is 29.7. The smallest absolute Gasteiger partial charge is 0.359 e. The Labute approximate surface area is 276 Å². The third-order valence-electron chi connectivity index (χ3n) is 7.72. The van der Waals surface area contributed by atoms with Gasteiger partial charge in [-0.1, -0.05) is 90.9 Å². The molecular formula is C35H72NO9+. The number of aliphatic hydroxyl groups excluding tert-OH is 1. The lowest BCUT2D eigenvalue weighted by molar-refractivity contribution is -0.886. The Bertz CT molecular complexity index is 624. The van der Waals surface area contributed by atoms with Crippen LogP contribution in [0.25, 0.3) is 0 Å². The number of rotatable bonds is 37. The van der Waals surface area contributed by atoms with Crippen molar-refractivity contribution >= 4 is 5.97 Å². The van der Waals surface area contributed by atoms with Crippen LogP contribution in [0.15, 0.2) is 0 Å². The normalized spacial score (nSPS) is 13.4. The second-order valence-electron chi connectivity index (χ2n) is 12.9. The van der Waals surface area contributed by atoms with Crippen molar-refractivity contribution in [3.05, 3.63) is 0 Å². The molecule has 0 aliphatic rings. The number of carbonyl (C=O) groups is 1. The van der Waals surface area contributed by atoms with Gasteiger partial charge in [0.25, 0.3) is 0 Å². The van der Waals surface area contributed by atoms with Gasteiger partial charge >= 0.3 is 5.97 Å². The number of likely N-dealkylation sites (N-methyl/N-ethyl adjacent to an activating group) is 1. The molecule has 0 aliphatic carbocycles. The molecule has 10 nitrogen and oxygen atoms in total. The third-order valence-corrected chi connectivity index (χ3v) is 7.72. The number of hydrogen-bond donors (Lipinski definition) is 2. The van der Waals surface area contributed by atoms with Crippen molar-refractivity contribution in [2.24, 2.45) is 5.92 Å². The van der Waals surface area contributed by atoms with Crippen LogP contribution in [0.2, 0.25) is 0 Å². The van der Waals surface area contributed by atoms with Crippen LogP contribution < -0.4 is 0 Å². The van der Waals surface area contributed by atoms with Crippen LogP contribution in [0.5, 0.6) is 0 Å². The molecule has 0 saturated heterocycles. The van der Waals surface area contributed by atoms with Crippen molar-refractivity contribution < 1.29 is 47.9 Å². The number of aliphatic carboxylic acids is 1. The van der Waals surface area contributed by atoms with Crippen molar-refractivity contribution in [1.29, 1.82) is 0 Å². The molecular weight excluding hydrogens is 578 g/mol. The molecule has 2 N–H and O–H groups in total. The number of carboxylic acids is 1. The maximum absolute atomic E-state index is 10.9. The summed E-state index contributed by atoms with van der Waals surface area (Å²) in [4.78, 5) is 10.9. The highest BCUT2D eigenvalue weighted by atomic mass is 16.6. The molecule has 0 rings (SSSR count). The number of aliphatic hydroxyl groups is 1. The summed E-state index contributed by atoms with van der Waals surface area (Å²) < 4.78 is 33.8. The molecule has 45 heavy (non-hydrogen) atoms. The quantitative estimate of drug-likeness (QED) is 0.0644. The van der Waals surface area contributed by atoms with Gasteiger partial charge in [0, 0.05) is 6.61 Å². The van der Waals surface area contributed by atoms with Crippen LogP contribution in [-0.4, -0.2) is 133 Å². The van der Waals surface area contributed by atoms with Crippen molar-refractivity contribution in [2.45, 2.75) is 110 Å². The van der Waals surface area contributed by atoms with E-state index in [0.29, 0.717) is 78.5 Å². The standard InChI is InChI=1S/C35H71NO9/c1-5-7-9-11-12-14-16-18-33(17-15-13-10-8-6-2)31-44-27-25-42-23-21-40-19-20-41-22-24-43-26-28-45-32-34(37)29-36(3,4)30-35(38)39/h33-34,37H,5-32H2,1-4H3/p+1. The Morgan fingerprint density at radius 2 is 0.911 bits per heavy atom. The molecule has 0 amide bonds. The molecule has 2 atom stereocenters. The summed E-state index contributed by atoms with van der Waals surface area (Å²) in [6, 6.07) is 0. The third kappa shape index (κ3) is 34.3. The minimum atomic E-state index is -0.892. The van der Waals surface area contributed by atoms with E-state index >= 15 is 0 Å². The van der Waals surface area contributed by atoms with E-state index in [1.54, 1.807) is 14.1 Å². The molecule has 0 heterocycles. The molecule has 0 aliphatic heterocycles. The van der Waals surface area contributed by atoms with Crippen LogP contribution in [0, 0.1) is 5.92 Å². The maximum atomic E-state index is 10.9. The van der Waals surface area contributed by atoms with Crippen LogP contribution in [0.3, 0.4) is 0 Å². The summed E-state index contributed by atoms with van der Waals surface area (Å²) in [5.41, 5.74) is 0. The van der Waals surface area contributed by atoms with E-state index in [9.17, 15) is 9.90 Å². The van der Waals surface area contributed by atoms with Crippen molar-refractivity contribution in [3.8, 4) is 0 Å². The Morgan fingerprint density at radius 1 is 0.556 bits per heavy atom. The van der Waals surface area contributed by atoms with Gasteiger partial charge in [-0.25, -0.2) is 4.79 Å². The predicted octanol–water partition coefficient (Wildman–Crippen LogP) is 5.73. The topological polar surface area (TPSA) is 113 Å². The number of hydrogen-bond acceptors (Lipinski definition) is 8. The summed E-state index contributed by atoms with van der Waals surface area (Å²) in [6.45, 7) is 10.8. The molecule has 0 spiro atoms. The summed E-state index contributed by atoms with van der Waals surface area (Å²) in [5, 5.41) is 18.9. The van der Waals surface area contributed by atoms with Crippen LogP contribution in [0.4, 0.5) is 0 Å². The Morgan fingerprint density at radius 3 is 1.31 bits per heavy atom. The van der Waals surface area contributed by atoms with Gasteiger partial charge in [-0.05, 0) is 18.8 Å². The lowest BCUT2D eigenvalue weighted by Gasteiger charge is -2.29. The second kappa shape index (κ2) is 33.1. The SMILES string of the molecule is CCCCCCCCCC(CCCCCCC)COCCOCCOCCOCCOCCOCC(O)C[N+](C)(C)CC(=O)O. The molecule has 0 saturated carbocycles. The maximum Gasteiger partial charge on any atom is 0.359 e. The molecule has 0 aromatic heterocycles. The molecule has 2 unspecified atom stereocenters. The average molecular weight is 651 g/mol. The first-order valence-electron chi connectivity index (χ1n) is 18.0. The van der Waals surface area contributed by atoms with Gasteiger partial charge in [0.2, 0.25) is 0 Å². The number of nitrogens with zero attached hydrogens (tertiary/aromatic N) is 1. The Kier molecular flexibility index (Phi) is 32.4. The largest absolute Gasteiger partial charge is 0.477 e. The molecule has 0 aromatic rings. The number of unbranched alkanes of at least 4 members (excludes halogenated alkanes) is 10. The van der Waals surface area contributed by atoms with E-state index in [-0.39, 0.29) is 17.6 Å². The first kappa shape index (κ1) is 44.1. The molecule has 0 bridgehead atoms. The number of carboxylic acid groups (broad SMARTS) is 1. The highest BCUT2D eigenvalue weighted by Crippen LogP contribution is 2.19. The summed E-state index contributed by atoms with van der Waals surface area (Å²) >= 11 is 0. The first-order chi connectivity index (χ1) is 21.8. The van der Waals surface area contributed by atoms with Gasteiger partial charge in [0.05, 0.1) is 86.8 Å².